The summed E-state index contributed by atoms with van der Waals surface area (Å²) in [7, 11) is 0. The van der Waals surface area contributed by atoms with E-state index in [0.29, 0.717) is 26.3 Å². The summed E-state index contributed by atoms with van der Waals surface area (Å²) >= 11 is 0. The molecule has 0 aliphatic carbocycles. The van der Waals surface area contributed by atoms with Crippen molar-refractivity contribution in [1.82, 2.24) is 4.90 Å². The molecule has 0 spiro atoms. The van der Waals surface area contributed by atoms with Gasteiger partial charge in [0.2, 0.25) is 0 Å². The van der Waals surface area contributed by atoms with E-state index in [1.54, 1.807) is 11.0 Å². The molecule has 1 rings (SSSR count). The predicted octanol–water partition coefficient (Wildman–Crippen LogP) is 1.54. The summed E-state index contributed by atoms with van der Waals surface area (Å²) in [5.74, 6) is 0. The fraction of sp³-hybridized carbons (Fsp3) is 0.500. The Bertz CT molecular complexity index is 242. The zero-order valence-electron chi connectivity index (χ0n) is 8.36. The Balaban J connectivity index is 2.30. The topological polar surface area (TPSA) is 38.8 Å². The lowest BCUT2D eigenvalue weighted by Gasteiger charge is -2.25. The van der Waals surface area contributed by atoms with Crippen LogP contribution in [0.2, 0.25) is 0 Å². The van der Waals surface area contributed by atoms with E-state index < -0.39 is 0 Å². The predicted molar refractivity (Wildman–Crippen MR) is 52.8 cm³/mol. The second-order valence-corrected chi connectivity index (χ2v) is 3.13. The lowest BCUT2D eigenvalue weighted by atomic mass is 10.3. The van der Waals surface area contributed by atoms with Crippen molar-refractivity contribution in [2.24, 2.45) is 0 Å². The Morgan fingerprint density at radius 3 is 2.71 bits per heavy atom. The van der Waals surface area contributed by atoms with Gasteiger partial charge in [-0.2, -0.15) is 0 Å². The van der Waals surface area contributed by atoms with Crippen LogP contribution in [0.15, 0.2) is 24.5 Å². The highest BCUT2D eigenvalue weighted by Crippen LogP contribution is 2.00. The quantitative estimate of drug-likeness (QED) is 0.498. The van der Waals surface area contributed by atoms with Gasteiger partial charge >= 0.3 is 6.09 Å². The van der Waals surface area contributed by atoms with Gasteiger partial charge in [0.15, 0.2) is 0 Å². The van der Waals surface area contributed by atoms with E-state index in [2.05, 4.69) is 6.58 Å². The molecule has 4 nitrogen and oxygen atoms in total. The van der Waals surface area contributed by atoms with Crippen LogP contribution in [0.3, 0.4) is 0 Å². The number of morpholine rings is 1. The van der Waals surface area contributed by atoms with E-state index >= 15 is 0 Å². The first kappa shape index (κ1) is 10.8. The van der Waals surface area contributed by atoms with E-state index in [0.717, 1.165) is 5.57 Å². The van der Waals surface area contributed by atoms with Gasteiger partial charge in [0.05, 0.1) is 19.5 Å². The maximum atomic E-state index is 11.3. The van der Waals surface area contributed by atoms with Crippen LogP contribution in [0.4, 0.5) is 4.79 Å². The highest BCUT2D eigenvalue weighted by atomic mass is 16.5. The molecule has 1 amide bonds. The standard InChI is InChI=1S/C10H15NO3/c1-9(2)3-6-14-10(12)11-4-7-13-8-5-11/h3,6H,1,4-5,7-8H2,2H3/b6-3+. The molecule has 4 heteroatoms. The largest absolute Gasteiger partial charge is 0.418 e. The smallest absolute Gasteiger partial charge is 0.414 e. The summed E-state index contributed by atoms with van der Waals surface area (Å²) in [6, 6.07) is 0. The van der Waals surface area contributed by atoms with Crippen LogP contribution in [0.1, 0.15) is 6.92 Å². The Hall–Kier alpha value is -1.29. The molecule has 0 unspecified atom stereocenters. The number of amides is 1. The second-order valence-electron chi connectivity index (χ2n) is 3.13. The van der Waals surface area contributed by atoms with Crippen LogP contribution < -0.4 is 0 Å². The SMILES string of the molecule is C=C(C)/C=C/OC(=O)N1CCOCC1. The molecule has 0 bridgehead atoms. The molecule has 0 N–H and O–H groups in total. The maximum absolute atomic E-state index is 11.3. The van der Waals surface area contributed by atoms with Gasteiger partial charge in [-0.15, -0.1) is 0 Å². The van der Waals surface area contributed by atoms with Gasteiger partial charge in [0, 0.05) is 13.1 Å². The minimum Gasteiger partial charge on any atom is -0.418 e. The number of nitrogens with zero attached hydrogens (tertiary/aromatic N) is 1. The van der Waals surface area contributed by atoms with Crippen LogP contribution in [0, 0.1) is 0 Å². The summed E-state index contributed by atoms with van der Waals surface area (Å²) in [6.45, 7) is 7.84. The van der Waals surface area contributed by atoms with Crippen LogP contribution in [-0.4, -0.2) is 37.3 Å². The lowest BCUT2D eigenvalue weighted by molar-refractivity contribution is 0.0373. The molecule has 0 radical (unpaired) electrons. The van der Waals surface area contributed by atoms with Gasteiger partial charge in [0.1, 0.15) is 0 Å². The summed E-state index contributed by atoms with van der Waals surface area (Å²) in [4.78, 5) is 13.0. The summed E-state index contributed by atoms with van der Waals surface area (Å²) in [5.41, 5.74) is 0.847. The fourth-order valence-corrected chi connectivity index (χ4v) is 1.03. The Labute approximate surface area is 83.8 Å². The lowest BCUT2D eigenvalue weighted by Crippen LogP contribution is -2.40. The van der Waals surface area contributed by atoms with Crippen molar-refractivity contribution in [2.75, 3.05) is 26.3 Å². The molecule has 1 fully saturated rings. The molecule has 0 aromatic heterocycles. The number of allylic oxidation sites excluding steroid dienone is 2. The number of hydrogen-bond donors (Lipinski definition) is 0. The molecule has 0 atom stereocenters. The van der Waals surface area contributed by atoms with Crippen LogP contribution >= 0.6 is 0 Å². The van der Waals surface area contributed by atoms with E-state index in [4.69, 9.17) is 9.47 Å². The van der Waals surface area contributed by atoms with Crippen molar-refractivity contribution in [3.05, 3.63) is 24.5 Å². The zero-order valence-corrected chi connectivity index (χ0v) is 8.36. The van der Waals surface area contributed by atoms with E-state index in [9.17, 15) is 4.79 Å². The van der Waals surface area contributed by atoms with Gasteiger partial charge in [-0.3, -0.25) is 0 Å². The van der Waals surface area contributed by atoms with E-state index in [1.165, 1.54) is 6.26 Å². The first-order chi connectivity index (χ1) is 6.70. The third-order valence-corrected chi connectivity index (χ3v) is 1.79. The third kappa shape index (κ3) is 3.62. The third-order valence-electron chi connectivity index (χ3n) is 1.79. The average molecular weight is 197 g/mol. The first-order valence-electron chi connectivity index (χ1n) is 4.55. The number of hydrogen-bond acceptors (Lipinski definition) is 3. The van der Waals surface area contributed by atoms with Crippen molar-refractivity contribution < 1.29 is 14.3 Å². The van der Waals surface area contributed by atoms with Gasteiger partial charge in [-0.05, 0) is 13.0 Å². The van der Waals surface area contributed by atoms with Gasteiger partial charge in [-0.25, -0.2) is 4.79 Å². The molecule has 0 aromatic carbocycles. The molecule has 14 heavy (non-hydrogen) atoms. The normalized spacial score (nSPS) is 17.1. The summed E-state index contributed by atoms with van der Waals surface area (Å²) in [5, 5.41) is 0. The number of ether oxygens (including phenoxy) is 2. The van der Waals surface area contributed by atoms with Gasteiger partial charge in [-0.1, -0.05) is 12.2 Å². The van der Waals surface area contributed by atoms with Gasteiger partial charge in [0.25, 0.3) is 0 Å². The molecule has 1 aliphatic heterocycles. The molecule has 78 valence electrons. The molecule has 0 saturated carbocycles. The maximum Gasteiger partial charge on any atom is 0.414 e. The fourth-order valence-electron chi connectivity index (χ4n) is 1.03. The van der Waals surface area contributed by atoms with Crippen molar-refractivity contribution in [3.8, 4) is 0 Å². The molecular weight excluding hydrogens is 182 g/mol. The van der Waals surface area contributed by atoms with Crippen LogP contribution in [0.25, 0.3) is 0 Å². The van der Waals surface area contributed by atoms with Crippen molar-refractivity contribution in [3.63, 3.8) is 0 Å². The zero-order chi connectivity index (χ0) is 10.4. The van der Waals surface area contributed by atoms with Crippen molar-refractivity contribution in [2.45, 2.75) is 6.92 Å². The highest BCUT2D eigenvalue weighted by Gasteiger charge is 2.16. The van der Waals surface area contributed by atoms with Gasteiger partial charge < -0.3 is 14.4 Å². The minimum atomic E-state index is -0.328. The first-order valence-corrected chi connectivity index (χ1v) is 4.55. The highest BCUT2D eigenvalue weighted by molar-refractivity contribution is 5.68. The Kier molecular flexibility index (Phi) is 4.19. The average Bonchev–Trinajstić information content (AvgIpc) is 2.18. The number of rotatable bonds is 2. The second kappa shape index (κ2) is 5.44. The van der Waals surface area contributed by atoms with Crippen LogP contribution in [0.5, 0.6) is 0 Å². The van der Waals surface area contributed by atoms with Crippen LogP contribution in [-0.2, 0) is 9.47 Å². The van der Waals surface area contributed by atoms with Crippen molar-refractivity contribution >= 4 is 6.09 Å². The number of carbonyl (C=O) groups is 1. The van der Waals surface area contributed by atoms with E-state index in [1.807, 2.05) is 6.92 Å². The molecular formula is C10H15NO3. The summed E-state index contributed by atoms with van der Waals surface area (Å²) < 4.78 is 9.99. The minimum absolute atomic E-state index is 0.328. The molecule has 1 aliphatic rings. The van der Waals surface area contributed by atoms with E-state index in [-0.39, 0.29) is 6.09 Å². The molecule has 1 heterocycles. The molecule has 0 aromatic rings. The Morgan fingerprint density at radius 2 is 2.14 bits per heavy atom. The summed E-state index contributed by atoms with van der Waals surface area (Å²) in [6.07, 6.45) is 2.68. The molecule has 1 saturated heterocycles. The number of carbonyl (C=O) groups excluding carboxylic acids is 1. The van der Waals surface area contributed by atoms with Crippen molar-refractivity contribution in [1.29, 1.82) is 0 Å². The monoisotopic (exact) mass is 197 g/mol. The Morgan fingerprint density at radius 1 is 1.50 bits per heavy atom.